The zero-order valence-corrected chi connectivity index (χ0v) is 12.0. The summed E-state index contributed by atoms with van der Waals surface area (Å²) in [5.74, 6) is 0.757. The molecule has 0 amide bonds. The van der Waals surface area contributed by atoms with Crippen LogP contribution in [0.2, 0.25) is 5.15 Å². The van der Waals surface area contributed by atoms with Crippen LogP contribution < -0.4 is 5.32 Å². The van der Waals surface area contributed by atoms with Crippen molar-refractivity contribution >= 4 is 17.3 Å². The average molecular weight is 255 g/mol. The lowest BCUT2D eigenvalue weighted by Gasteiger charge is -2.22. The van der Waals surface area contributed by atoms with Gasteiger partial charge in [0.25, 0.3) is 0 Å². The van der Waals surface area contributed by atoms with E-state index in [1.807, 2.05) is 12.3 Å². The molecular formula is C14H23ClN2. The third-order valence-corrected chi connectivity index (χ3v) is 3.52. The molecule has 0 saturated heterocycles. The maximum atomic E-state index is 5.86. The Kier molecular flexibility index (Phi) is 5.76. The van der Waals surface area contributed by atoms with Gasteiger partial charge in [-0.1, -0.05) is 38.8 Å². The van der Waals surface area contributed by atoms with E-state index in [-0.39, 0.29) is 0 Å². The number of hydrogen-bond donors (Lipinski definition) is 1. The van der Waals surface area contributed by atoms with E-state index < -0.39 is 0 Å². The van der Waals surface area contributed by atoms with E-state index in [9.17, 15) is 0 Å². The summed E-state index contributed by atoms with van der Waals surface area (Å²) in [6.07, 6.45) is 5.40. The fourth-order valence-electron chi connectivity index (χ4n) is 1.87. The molecule has 1 rings (SSSR count). The number of aryl methyl sites for hydroxylation is 1. The number of nitrogens with one attached hydrogen (secondary N) is 1. The summed E-state index contributed by atoms with van der Waals surface area (Å²) < 4.78 is 0. The van der Waals surface area contributed by atoms with Gasteiger partial charge >= 0.3 is 0 Å². The molecule has 1 heterocycles. The van der Waals surface area contributed by atoms with E-state index in [1.54, 1.807) is 0 Å². The highest BCUT2D eigenvalue weighted by atomic mass is 35.5. The Bertz CT molecular complexity index is 352. The number of rotatable bonds is 6. The average Bonchev–Trinajstić information content (AvgIpc) is 2.31. The molecule has 1 aromatic heterocycles. The molecule has 0 aliphatic rings. The Morgan fingerprint density at radius 2 is 2.06 bits per heavy atom. The van der Waals surface area contributed by atoms with Crippen molar-refractivity contribution in [1.82, 2.24) is 4.98 Å². The third-order valence-electron chi connectivity index (χ3n) is 3.31. The minimum Gasteiger partial charge on any atom is -0.381 e. The molecular weight excluding hydrogens is 232 g/mol. The molecule has 96 valence electrons. The number of aromatic nitrogens is 1. The lowest BCUT2D eigenvalue weighted by atomic mass is 9.97. The van der Waals surface area contributed by atoms with E-state index in [0.717, 1.165) is 23.6 Å². The smallest absolute Gasteiger partial charge is 0.129 e. The predicted octanol–water partition coefficient (Wildman–Crippen LogP) is 4.67. The minimum atomic E-state index is 0.520. The molecule has 0 fully saturated rings. The first kappa shape index (κ1) is 14.3. The molecule has 0 radical (unpaired) electrons. The van der Waals surface area contributed by atoms with Crippen LogP contribution in [0.5, 0.6) is 0 Å². The standard InChI is InChI=1S/C14H23ClN2/c1-5-10(3)7-12(6-2)17-13-9-16-14(15)8-11(13)4/h8-10,12,17H,5-7H2,1-4H3. The predicted molar refractivity (Wildman–Crippen MR) is 75.8 cm³/mol. The molecule has 2 unspecified atom stereocenters. The van der Waals surface area contributed by atoms with Crippen LogP contribution in [0.25, 0.3) is 0 Å². The Morgan fingerprint density at radius 1 is 1.35 bits per heavy atom. The summed E-state index contributed by atoms with van der Waals surface area (Å²) in [5, 5.41) is 4.13. The molecule has 0 aliphatic carbocycles. The van der Waals surface area contributed by atoms with Gasteiger partial charge in [0.1, 0.15) is 5.15 Å². The highest BCUT2D eigenvalue weighted by Crippen LogP contribution is 2.21. The monoisotopic (exact) mass is 254 g/mol. The van der Waals surface area contributed by atoms with Crippen molar-refractivity contribution in [2.75, 3.05) is 5.32 Å². The molecule has 0 spiro atoms. The highest BCUT2D eigenvalue weighted by molar-refractivity contribution is 6.29. The van der Waals surface area contributed by atoms with Gasteiger partial charge in [-0.2, -0.15) is 0 Å². The molecule has 3 heteroatoms. The Labute approximate surface area is 110 Å². The lowest BCUT2D eigenvalue weighted by molar-refractivity contribution is 0.461. The van der Waals surface area contributed by atoms with Crippen molar-refractivity contribution in [3.63, 3.8) is 0 Å². The van der Waals surface area contributed by atoms with E-state index in [1.165, 1.54) is 12.8 Å². The fourth-order valence-corrected chi connectivity index (χ4v) is 2.09. The number of hydrogen-bond acceptors (Lipinski definition) is 2. The van der Waals surface area contributed by atoms with E-state index in [4.69, 9.17) is 11.6 Å². The van der Waals surface area contributed by atoms with Crippen LogP contribution in [-0.2, 0) is 0 Å². The van der Waals surface area contributed by atoms with Gasteiger partial charge in [0.15, 0.2) is 0 Å². The van der Waals surface area contributed by atoms with E-state index >= 15 is 0 Å². The lowest BCUT2D eigenvalue weighted by Crippen LogP contribution is -2.21. The second kappa shape index (κ2) is 6.85. The zero-order valence-electron chi connectivity index (χ0n) is 11.3. The zero-order chi connectivity index (χ0) is 12.8. The summed E-state index contributed by atoms with van der Waals surface area (Å²) in [6, 6.07) is 2.42. The van der Waals surface area contributed by atoms with Gasteiger partial charge in [-0.25, -0.2) is 4.98 Å². The van der Waals surface area contributed by atoms with Gasteiger partial charge in [-0.05, 0) is 37.3 Å². The summed E-state index contributed by atoms with van der Waals surface area (Å²) >= 11 is 5.86. The molecule has 2 atom stereocenters. The van der Waals surface area contributed by atoms with Crippen molar-refractivity contribution in [3.8, 4) is 0 Å². The van der Waals surface area contributed by atoms with Gasteiger partial charge < -0.3 is 5.32 Å². The van der Waals surface area contributed by atoms with Crippen LogP contribution in [0.4, 0.5) is 5.69 Å². The maximum absolute atomic E-state index is 5.86. The van der Waals surface area contributed by atoms with Crippen molar-refractivity contribution < 1.29 is 0 Å². The van der Waals surface area contributed by atoms with Gasteiger partial charge in [-0.3, -0.25) is 0 Å². The van der Waals surface area contributed by atoms with Crippen molar-refractivity contribution in [2.45, 2.75) is 53.0 Å². The molecule has 17 heavy (non-hydrogen) atoms. The van der Waals surface area contributed by atoms with Crippen molar-refractivity contribution in [3.05, 3.63) is 23.0 Å². The molecule has 0 bridgehead atoms. The van der Waals surface area contributed by atoms with Crippen LogP contribution >= 0.6 is 11.6 Å². The molecule has 1 aromatic rings. The summed E-state index contributed by atoms with van der Waals surface area (Å²) in [7, 11) is 0. The van der Waals surface area contributed by atoms with Crippen LogP contribution in [0, 0.1) is 12.8 Å². The van der Waals surface area contributed by atoms with E-state index in [0.29, 0.717) is 11.2 Å². The largest absolute Gasteiger partial charge is 0.381 e. The summed E-state index contributed by atoms with van der Waals surface area (Å²) in [5.41, 5.74) is 2.26. The van der Waals surface area contributed by atoms with Gasteiger partial charge in [0, 0.05) is 6.04 Å². The van der Waals surface area contributed by atoms with Crippen LogP contribution in [0.3, 0.4) is 0 Å². The molecule has 0 aliphatic heterocycles. The number of halogens is 1. The third kappa shape index (κ3) is 4.55. The van der Waals surface area contributed by atoms with Crippen LogP contribution in [0.15, 0.2) is 12.3 Å². The molecule has 1 N–H and O–H groups in total. The van der Waals surface area contributed by atoms with Gasteiger partial charge in [0.2, 0.25) is 0 Å². The number of pyridine rings is 1. The van der Waals surface area contributed by atoms with Gasteiger partial charge in [-0.15, -0.1) is 0 Å². The normalized spacial score (nSPS) is 14.4. The quantitative estimate of drug-likeness (QED) is 0.747. The summed E-state index contributed by atoms with van der Waals surface area (Å²) in [6.45, 7) is 8.83. The Hall–Kier alpha value is -0.760. The van der Waals surface area contributed by atoms with Crippen LogP contribution in [-0.4, -0.2) is 11.0 Å². The van der Waals surface area contributed by atoms with Gasteiger partial charge in [0.05, 0.1) is 11.9 Å². The van der Waals surface area contributed by atoms with Crippen LogP contribution in [0.1, 0.15) is 45.6 Å². The fraction of sp³-hybridized carbons (Fsp3) is 0.643. The molecule has 0 aromatic carbocycles. The topological polar surface area (TPSA) is 24.9 Å². The number of anilines is 1. The van der Waals surface area contributed by atoms with Crippen molar-refractivity contribution in [2.24, 2.45) is 5.92 Å². The first-order chi connectivity index (χ1) is 8.06. The first-order valence-electron chi connectivity index (χ1n) is 6.45. The first-order valence-corrected chi connectivity index (χ1v) is 6.83. The summed E-state index contributed by atoms with van der Waals surface area (Å²) in [4.78, 5) is 4.13. The molecule has 2 nitrogen and oxygen atoms in total. The Balaban J connectivity index is 2.67. The molecule has 0 saturated carbocycles. The Morgan fingerprint density at radius 3 is 2.59 bits per heavy atom. The second-order valence-corrected chi connectivity index (χ2v) is 5.21. The minimum absolute atomic E-state index is 0.520. The number of nitrogens with zero attached hydrogens (tertiary/aromatic N) is 1. The second-order valence-electron chi connectivity index (χ2n) is 4.82. The van der Waals surface area contributed by atoms with Crippen molar-refractivity contribution in [1.29, 1.82) is 0 Å². The maximum Gasteiger partial charge on any atom is 0.129 e. The van der Waals surface area contributed by atoms with E-state index in [2.05, 4.69) is 38.0 Å². The SMILES string of the molecule is CCC(C)CC(CC)Nc1cnc(Cl)cc1C. The highest BCUT2D eigenvalue weighted by Gasteiger charge is 2.11.